The van der Waals surface area contributed by atoms with Crippen LogP contribution in [0.1, 0.15) is 40.0 Å². The van der Waals surface area contributed by atoms with E-state index in [2.05, 4.69) is 0 Å². The lowest BCUT2D eigenvalue weighted by molar-refractivity contribution is -0.117. The van der Waals surface area contributed by atoms with Gasteiger partial charge in [0.1, 0.15) is 15.6 Å². The highest BCUT2D eigenvalue weighted by molar-refractivity contribution is 7.91. The van der Waals surface area contributed by atoms with E-state index in [0.717, 1.165) is 0 Å². The SMILES string of the molecule is CCCS(=O)(=O)CCC(C)CC(C)=O. The molecule has 0 amide bonds. The number of rotatable bonds is 7. The first-order valence-corrected chi connectivity index (χ1v) is 6.89. The molecule has 0 spiro atoms. The van der Waals surface area contributed by atoms with Gasteiger partial charge in [0.2, 0.25) is 0 Å². The van der Waals surface area contributed by atoms with Crippen molar-refractivity contribution < 1.29 is 13.2 Å². The van der Waals surface area contributed by atoms with Crippen LogP contribution in [-0.2, 0) is 14.6 Å². The number of hydrogen-bond donors (Lipinski definition) is 0. The minimum atomic E-state index is -2.87. The molecule has 0 saturated heterocycles. The van der Waals surface area contributed by atoms with E-state index in [-0.39, 0.29) is 23.2 Å². The molecule has 0 aliphatic carbocycles. The van der Waals surface area contributed by atoms with Crippen LogP contribution in [0.15, 0.2) is 0 Å². The third-order valence-electron chi connectivity index (χ3n) is 2.07. The predicted octanol–water partition coefficient (Wildman–Crippen LogP) is 1.82. The van der Waals surface area contributed by atoms with Crippen molar-refractivity contribution in [3.63, 3.8) is 0 Å². The zero-order valence-corrected chi connectivity index (χ0v) is 10.1. The Balaban J connectivity index is 3.87. The highest BCUT2D eigenvalue weighted by Gasteiger charge is 2.12. The fraction of sp³-hybridized carbons (Fsp3) is 0.900. The van der Waals surface area contributed by atoms with Crippen molar-refractivity contribution in [2.24, 2.45) is 5.92 Å². The van der Waals surface area contributed by atoms with E-state index in [1.807, 2.05) is 13.8 Å². The Labute approximate surface area is 86.8 Å². The summed E-state index contributed by atoms with van der Waals surface area (Å²) in [6, 6.07) is 0. The first-order chi connectivity index (χ1) is 6.37. The molecule has 14 heavy (non-hydrogen) atoms. The van der Waals surface area contributed by atoms with Gasteiger partial charge < -0.3 is 4.79 Å². The van der Waals surface area contributed by atoms with Crippen LogP contribution >= 0.6 is 0 Å². The van der Waals surface area contributed by atoms with Crippen molar-refractivity contribution in [3.05, 3.63) is 0 Å². The average molecular weight is 220 g/mol. The smallest absolute Gasteiger partial charge is 0.150 e. The number of ketones is 1. The molecule has 0 aromatic carbocycles. The zero-order valence-electron chi connectivity index (χ0n) is 9.25. The van der Waals surface area contributed by atoms with Crippen molar-refractivity contribution in [2.75, 3.05) is 11.5 Å². The van der Waals surface area contributed by atoms with Crippen LogP contribution in [-0.4, -0.2) is 25.7 Å². The molecule has 0 aromatic heterocycles. The van der Waals surface area contributed by atoms with Crippen molar-refractivity contribution in [3.8, 4) is 0 Å². The summed E-state index contributed by atoms with van der Waals surface area (Å²) in [5.74, 6) is 0.791. The van der Waals surface area contributed by atoms with Crippen LogP contribution in [0.25, 0.3) is 0 Å². The summed E-state index contributed by atoms with van der Waals surface area (Å²) in [6.45, 7) is 5.32. The molecule has 0 aromatic rings. The van der Waals surface area contributed by atoms with Gasteiger partial charge in [0.05, 0.1) is 5.75 Å². The normalized spacial score (nSPS) is 13.9. The topological polar surface area (TPSA) is 51.2 Å². The second kappa shape index (κ2) is 6.17. The standard InChI is InChI=1S/C10H20O3S/c1-4-6-14(12,13)7-5-9(2)8-10(3)11/h9H,4-8H2,1-3H3. The highest BCUT2D eigenvalue weighted by atomic mass is 32.2. The predicted molar refractivity (Wildman–Crippen MR) is 58.0 cm³/mol. The number of carbonyl (C=O) groups excluding carboxylic acids is 1. The molecule has 0 aliphatic rings. The van der Waals surface area contributed by atoms with Crippen molar-refractivity contribution in [2.45, 2.75) is 40.0 Å². The van der Waals surface area contributed by atoms with Crippen LogP contribution in [0.5, 0.6) is 0 Å². The second-order valence-corrected chi connectivity index (χ2v) is 6.26. The largest absolute Gasteiger partial charge is 0.300 e. The molecular weight excluding hydrogens is 200 g/mol. The lowest BCUT2D eigenvalue weighted by atomic mass is 10.0. The van der Waals surface area contributed by atoms with Gasteiger partial charge in [-0.05, 0) is 25.7 Å². The number of Topliss-reactive ketones (excluding diaryl/α,β-unsaturated/α-hetero) is 1. The van der Waals surface area contributed by atoms with E-state index in [4.69, 9.17) is 0 Å². The molecule has 0 aliphatic heterocycles. The second-order valence-electron chi connectivity index (χ2n) is 3.95. The molecule has 3 nitrogen and oxygen atoms in total. The quantitative estimate of drug-likeness (QED) is 0.657. The Morgan fingerprint density at radius 3 is 2.29 bits per heavy atom. The minimum absolute atomic E-state index is 0.130. The van der Waals surface area contributed by atoms with Gasteiger partial charge in [0.25, 0.3) is 0 Å². The summed E-state index contributed by atoms with van der Waals surface area (Å²) in [5, 5.41) is 0. The minimum Gasteiger partial charge on any atom is -0.300 e. The van der Waals surface area contributed by atoms with E-state index in [0.29, 0.717) is 19.3 Å². The maximum Gasteiger partial charge on any atom is 0.150 e. The van der Waals surface area contributed by atoms with E-state index in [1.54, 1.807) is 0 Å². The number of hydrogen-bond acceptors (Lipinski definition) is 3. The van der Waals surface area contributed by atoms with Gasteiger partial charge in [-0.2, -0.15) is 0 Å². The summed E-state index contributed by atoms with van der Waals surface area (Å²) in [6.07, 6.45) is 1.76. The molecule has 4 heteroatoms. The third-order valence-corrected chi connectivity index (χ3v) is 3.96. The summed E-state index contributed by atoms with van der Waals surface area (Å²) < 4.78 is 22.7. The molecule has 0 fully saturated rings. The van der Waals surface area contributed by atoms with E-state index in [9.17, 15) is 13.2 Å². The van der Waals surface area contributed by atoms with Gasteiger partial charge >= 0.3 is 0 Å². The Morgan fingerprint density at radius 1 is 1.29 bits per heavy atom. The van der Waals surface area contributed by atoms with Gasteiger partial charge in [-0.1, -0.05) is 13.8 Å². The molecule has 0 rings (SSSR count). The Hall–Kier alpha value is -0.380. The van der Waals surface area contributed by atoms with Crippen LogP contribution in [0.2, 0.25) is 0 Å². The Kier molecular flexibility index (Phi) is 6.00. The molecule has 0 N–H and O–H groups in total. The van der Waals surface area contributed by atoms with Gasteiger partial charge in [0, 0.05) is 12.2 Å². The molecule has 0 saturated carbocycles. The summed E-state index contributed by atoms with van der Waals surface area (Å²) >= 11 is 0. The third kappa shape index (κ3) is 7.06. The van der Waals surface area contributed by atoms with Crippen molar-refractivity contribution in [1.82, 2.24) is 0 Å². The summed E-state index contributed by atoms with van der Waals surface area (Å²) in [4.78, 5) is 10.8. The molecule has 1 atom stereocenters. The Bertz CT molecular complexity index is 267. The first kappa shape index (κ1) is 13.6. The van der Waals surface area contributed by atoms with Crippen LogP contribution in [0, 0.1) is 5.92 Å². The highest BCUT2D eigenvalue weighted by Crippen LogP contribution is 2.10. The van der Waals surface area contributed by atoms with Crippen molar-refractivity contribution >= 4 is 15.6 Å². The molecular formula is C10H20O3S. The van der Waals surface area contributed by atoms with Crippen LogP contribution < -0.4 is 0 Å². The van der Waals surface area contributed by atoms with E-state index < -0.39 is 9.84 Å². The average Bonchev–Trinajstić information content (AvgIpc) is 2.00. The maximum absolute atomic E-state index is 11.3. The van der Waals surface area contributed by atoms with Gasteiger partial charge in [-0.3, -0.25) is 0 Å². The van der Waals surface area contributed by atoms with Gasteiger partial charge in [0.15, 0.2) is 0 Å². The van der Waals surface area contributed by atoms with E-state index in [1.165, 1.54) is 6.92 Å². The molecule has 84 valence electrons. The Morgan fingerprint density at radius 2 is 1.86 bits per heavy atom. The fourth-order valence-corrected chi connectivity index (χ4v) is 2.97. The van der Waals surface area contributed by atoms with Gasteiger partial charge in [-0.25, -0.2) is 8.42 Å². The summed E-state index contributed by atoms with van der Waals surface area (Å²) in [5.41, 5.74) is 0. The van der Waals surface area contributed by atoms with Crippen LogP contribution in [0.3, 0.4) is 0 Å². The molecule has 0 bridgehead atoms. The van der Waals surface area contributed by atoms with Gasteiger partial charge in [-0.15, -0.1) is 0 Å². The first-order valence-electron chi connectivity index (χ1n) is 5.07. The van der Waals surface area contributed by atoms with E-state index >= 15 is 0 Å². The summed E-state index contributed by atoms with van der Waals surface area (Å²) in [7, 11) is -2.87. The molecule has 1 unspecified atom stereocenters. The number of carbonyl (C=O) groups is 1. The molecule has 0 heterocycles. The molecule has 0 radical (unpaired) electrons. The van der Waals surface area contributed by atoms with Crippen molar-refractivity contribution in [1.29, 1.82) is 0 Å². The zero-order chi connectivity index (χ0) is 11.2. The lowest BCUT2D eigenvalue weighted by Gasteiger charge is -2.08. The monoisotopic (exact) mass is 220 g/mol. The lowest BCUT2D eigenvalue weighted by Crippen LogP contribution is -2.14. The number of sulfone groups is 1. The van der Waals surface area contributed by atoms with Crippen LogP contribution in [0.4, 0.5) is 0 Å². The fourth-order valence-electron chi connectivity index (χ4n) is 1.39. The maximum atomic E-state index is 11.3.